The van der Waals surface area contributed by atoms with E-state index in [1.807, 2.05) is 18.2 Å². The van der Waals surface area contributed by atoms with Crippen LogP contribution in [0.5, 0.6) is 0 Å². The van der Waals surface area contributed by atoms with Crippen LogP contribution in [0.1, 0.15) is 112 Å². The van der Waals surface area contributed by atoms with Gasteiger partial charge in [0.15, 0.2) is 11.4 Å². The monoisotopic (exact) mass is 658 g/mol. The summed E-state index contributed by atoms with van der Waals surface area (Å²) in [5.41, 5.74) is 5.56. The molecule has 0 aliphatic rings. The number of hydrogen-bond acceptors (Lipinski definition) is 4. The zero-order chi connectivity index (χ0) is 32.8. The fourth-order valence-electron chi connectivity index (χ4n) is 4.39. The molecule has 0 saturated heterocycles. The van der Waals surface area contributed by atoms with Crippen molar-refractivity contribution in [1.82, 2.24) is 0 Å². The van der Waals surface area contributed by atoms with E-state index in [9.17, 15) is 14.7 Å². The van der Waals surface area contributed by atoms with Gasteiger partial charge in [-0.3, -0.25) is 9.59 Å². The van der Waals surface area contributed by atoms with E-state index in [-0.39, 0.29) is 5.78 Å². The number of unbranched alkanes of at least 4 members (excludes halogenated alkanes) is 8. The van der Waals surface area contributed by atoms with Gasteiger partial charge in [-0.15, -0.1) is 0 Å². The minimum absolute atomic E-state index is 0.207. The largest absolute Gasteiger partial charge is 0.375 e. The van der Waals surface area contributed by atoms with Gasteiger partial charge >= 0.3 is 0 Å². The number of nitrogens with zero attached hydrogens (tertiary/aromatic N) is 1. The van der Waals surface area contributed by atoms with Crippen molar-refractivity contribution in [2.75, 3.05) is 0 Å². The van der Waals surface area contributed by atoms with Crippen LogP contribution in [0.15, 0.2) is 72.8 Å². The van der Waals surface area contributed by atoms with Crippen molar-refractivity contribution in [3.05, 3.63) is 105 Å². The first-order valence-electron chi connectivity index (χ1n) is 15.3. The zero-order valence-corrected chi connectivity index (χ0v) is 28.1. The number of amides is 1. The third-order valence-corrected chi connectivity index (χ3v) is 7.66. The Balaban J connectivity index is 0.000000349. The second kappa shape index (κ2) is 22.6. The number of nitriles is 1. The average molecular weight is 660 g/mol. The van der Waals surface area contributed by atoms with E-state index in [4.69, 9.17) is 45.8 Å². The van der Waals surface area contributed by atoms with Crippen LogP contribution in [0, 0.1) is 11.3 Å². The van der Waals surface area contributed by atoms with Crippen molar-refractivity contribution < 1.29 is 14.7 Å². The summed E-state index contributed by atoms with van der Waals surface area (Å²) >= 11 is 17.3. The van der Waals surface area contributed by atoms with Crippen LogP contribution >= 0.6 is 34.8 Å². The lowest BCUT2D eigenvalue weighted by molar-refractivity contribution is -0.138. The maximum absolute atomic E-state index is 11.8. The maximum Gasteiger partial charge on any atom is 0.254 e. The average Bonchev–Trinajstić information content (AvgIpc) is 3.01. The van der Waals surface area contributed by atoms with Crippen LogP contribution < -0.4 is 5.73 Å². The highest BCUT2D eigenvalue weighted by molar-refractivity contribution is 6.31. The molecule has 0 bridgehead atoms. The Morgan fingerprint density at radius 2 is 1.27 bits per heavy atom. The molecule has 0 heterocycles. The molecular formula is C36H45Cl3N2O3. The number of ketones is 1. The molecule has 5 nitrogen and oxygen atoms in total. The van der Waals surface area contributed by atoms with Crippen molar-refractivity contribution in [2.24, 2.45) is 5.73 Å². The summed E-state index contributed by atoms with van der Waals surface area (Å²) in [6, 6.07) is 22.7. The summed E-state index contributed by atoms with van der Waals surface area (Å²) in [7, 11) is 0. The van der Waals surface area contributed by atoms with Gasteiger partial charge in [0.2, 0.25) is 0 Å². The first-order valence-corrected chi connectivity index (χ1v) is 16.4. The smallest absolute Gasteiger partial charge is 0.254 e. The number of Topliss-reactive ketones (excluding diaryl/α,β-unsaturated/α-hetero) is 1. The summed E-state index contributed by atoms with van der Waals surface area (Å²) in [5.74, 6) is -0.510. The lowest BCUT2D eigenvalue weighted by atomic mass is 9.87. The van der Waals surface area contributed by atoms with Crippen LogP contribution in [0.2, 0.25) is 15.1 Å². The topological polar surface area (TPSA) is 104 Å². The van der Waals surface area contributed by atoms with E-state index in [1.54, 1.807) is 60.7 Å². The molecule has 1 amide bonds. The van der Waals surface area contributed by atoms with Gasteiger partial charge in [-0.2, -0.15) is 5.26 Å². The number of primary amides is 1. The molecule has 8 heteroatoms. The van der Waals surface area contributed by atoms with Crippen LogP contribution in [0.3, 0.4) is 0 Å². The van der Waals surface area contributed by atoms with E-state index in [2.05, 4.69) is 13.8 Å². The predicted octanol–water partition coefficient (Wildman–Crippen LogP) is 10.5. The van der Waals surface area contributed by atoms with Crippen molar-refractivity contribution >= 4 is 46.5 Å². The fraction of sp³-hybridized carbons (Fsp3) is 0.417. The van der Waals surface area contributed by atoms with Crippen LogP contribution in [0.4, 0.5) is 0 Å². The highest BCUT2D eigenvalue weighted by atomic mass is 35.5. The first kappa shape index (κ1) is 39.1. The standard InChI is InChI=1S/C15H22ClNO2.C14H19ClO.C7H4ClN/c1-2-3-4-5-6-10-15(19,14(17)18)12-8-7-9-13(16)11-12;1-2-3-4-5-6-10-14(16)12-8-7-9-13(15)11-12;8-7-3-1-2-6(4-7)5-9/h7-9,11,19H,2-6,10H2,1H3,(H2,17,18);7-9,11H,2-6,10H2,1H3;1-4H. The van der Waals surface area contributed by atoms with Gasteiger partial charge in [0, 0.05) is 27.1 Å². The number of carbonyl (C=O) groups excluding carboxylic acids is 2. The first-order chi connectivity index (χ1) is 21.1. The number of aliphatic hydroxyl groups is 1. The lowest BCUT2D eigenvalue weighted by Gasteiger charge is -2.25. The lowest BCUT2D eigenvalue weighted by Crippen LogP contribution is -2.41. The Morgan fingerprint density at radius 1 is 0.750 bits per heavy atom. The Hall–Kier alpha value is -2.88. The molecule has 1 unspecified atom stereocenters. The molecule has 44 heavy (non-hydrogen) atoms. The van der Waals surface area contributed by atoms with Gasteiger partial charge in [-0.1, -0.05) is 130 Å². The molecule has 0 saturated carbocycles. The number of carbonyl (C=O) groups is 2. The summed E-state index contributed by atoms with van der Waals surface area (Å²) in [5, 5.41) is 20.6. The van der Waals surface area contributed by atoms with Crippen molar-refractivity contribution in [1.29, 1.82) is 5.26 Å². The van der Waals surface area contributed by atoms with Crippen molar-refractivity contribution in [2.45, 2.75) is 96.5 Å². The van der Waals surface area contributed by atoms with Gasteiger partial charge in [-0.25, -0.2) is 0 Å². The fourth-order valence-corrected chi connectivity index (χ4v) is 4.96. The predicted molar refractivity (Wildman–Crippen MR) is 183 cm³/mol. The van der Waals surface area contributed by atoms with Crippen molar-refractivity contribution in [3.8, 4) is 6.07 Å². The van der Waals surface area contributed by atoms with Gasteiger partial charge in [0.25, 0.3) is 5.91 Å². The third-order valence-electron chi connectivity index (χ3n) is 6.96. The molecule has 3 aromatic rings. The summed E-state index contributed by atoms with van der Waals surface area (Å²) in [6.07, 6.45) is 12.1. The SMILES string of the molecule is CCCCCCCC(=O)c1cccc(Cl)c1.CCCCCCCC(O)(C(N)=O)c1cccc(Cl)c1.N#Cc1cccc(Cl)c1. The highest BCUT2D eigenvalue weighted by Crippen LogP contribution is 2.29. The molecule has 0 radical (unpaired) electrons. The molecule has 3 aromatic carbocycles. The second-order valence-corrected chi connectivity index (χ2v) is 11.9. The van der Waals surface area contributed by atoms with Crippen molar-refractivity contribution in [3.63, 3.8) is 0 Å². The van der Waals surface area contributed by atoms with Gasteiger partial charge in [0.05, 0.1) is 11.6 Å². The Morgan fingerprint density at radius 3 is 1.77 bits per heavy atom. The molecule has 0 fully saturated rings. The van der Waals surface area contributed by atoms with Gasteiger partial charge in [0.1, 0.15) is 0 Å². The number of rotatable bonds is 15. The van der Waals surface area contributed by atoms with Gasteiger partial charge in [-0.05, 0) is 67.3 Å². The van der Waals surface area contributed by atoms with Crippen LogP contribution in [-0.4, -0.2) is 16.8 Å². The molecular weight excluding hydrogens is 615 g/mol. The van der Waals surface area contributed by atoms with Gasteiger partial charge < -0.3 is 10.8 Å². The zero-order valence-electron chi connectivity index (χ0n) is 25.8. The quantitative estimate of drug-likeness (QED) is 0.125. The van der Waals surface area contributed by atoms with E-state index < -0.39 is 11.5 Å². The van der Waals surface area contributed by atoms with E-state index in [0.717, 1.165) is 44.1 Å². The number of hydrogen-bond donors (Lipinski definition) is 2. The summed E-state index contributed by atoms with van der Waals surface area (Å²) in [6.45, 7) is 4.34. The Kier molecular flexibility index (Phi) is 20.1. The minimum Gasteiger partial charge on any atom is -0.375 e. The van der Waals surface area contributed by atoms with Crippen LogP contribution in [0.25, 0.3) is 0 Å². The van der Waals surface area contributed by atoms with E-state index in [0.29, 0.717) is 39.0 Å². The maximum atomic E-state index is 11.8. The molecule has 238 valence electrons. The molecule has 0 spiro atoms. The molecule has 3 N–H and O–H groups in total. The number of benzene rings is 3. The summed E-state index contributed by atoms with van der Waals surface area (Å²) in [4.78, 5) is 23.4. The second-order valence-electron chi connectivity index (χ2n) is 10.6. The molecule has 0 aliphatic heterocycles. The Labute approximate surface area is 278 Å². The number of nitrogens with two attached hydrogens (primary N) is 1. The van der Waals surface area contributed by atoms with Crippen LogP contribution in [-0.2, 0) is 10.4 Å². The van der Waals surface area contributed by atoms with E-state index >= 15 is 0 Å². The minimum atomic E-state index is -1.61. The number of halogens is 3. The third kappa shape index (κ3) is 15.7. The van der Waals surface area contributed by atoms with E-state index in [1.165, 1.54) is 25.7 Å². The molecule has 3 rings (SSSR count). The molecule has 1 atom stereocenters. The normalized spacial score (nSPS) is 11.6. The Bertz CT molecular complexity index is 1330. The molecule has 0 aromatic heterocycles. The molecule has 0 aliphatic carbocycles. The highest BCUT2D eigenvalue weighted by Gasteiger charge is 2.35. The summed E-state index contributed by atoms with van der Waals surface area (Å²) < 4.78 is 0.